The van der Waals surface area contributed by atoms with E-state index in [0.717, 1.165) is 0 Å². The van der Waals surface area contributed by atoms with E-state index in [1.807, 2.05) is 0 Å². The topological polar surface area (TPSA) is 120 Å². The number of carboxylic acid groups (broad SMARTS) is 3. The van der Waals surface area contributed by atoms with Crippen molar-refractivity contribution < 1.29 is 29.7 Å². The summed E-state index contributed by atoms with van der Waals surface area (Å²) in [7, 11) is 0. The van der Waals surface area contributed by atoms with Gasteiger partial charge in [-0.1, -0.05) is 0 Å². The minimum atomic E-state index is -0.992. The summed E-state index contributed by atoms with van der Waals surface area (Å²) in [6, 6.07) is 0. The molecule has 0 aliphatic rings. The first-order valence-electron chi connectivity index (χ1n) is 6.73. The number of carbonyl (C=O) groups is 3. The second kappa shape index (κ2) is 30.2. The van der Waals surface area contributed by atoms with Crippen molar-refractivity contribution in [3.05, 3.63) is 0 Å². The van der Waals surface area contributed by atoms with Gasteiger partial charge in [0.25, 0.3) is 0 Å². The SMILES string of the molecule is O=C([O-])CCCS.O=C([O-])CCCS.O=C([O-])CCCS.[CH3][Sn+3]. The molecule has 0 aromatic rings. The van der Waals surface area contributed by atoms with Gasteiger partial charge in [-0.2, -0.15) is 37.9 Å². The van der Waals surface area contributed by atoms with E-state index < -0.39 is 17.9 Å². The Bertz CT molecular complexity index is 238. The Morgan fingerprint density at radius 1 is 0.652 bits per heavy atom. The molecule has 0 aliphatic heterocycles. The number of hydrogen-bond acceptors (Lipinski definition) is 9. The molecule has 0 amide bonds. The zero-order chi connectivity index (χ0) is 19.1. The average Bonchev–Trinajstić information content (AvgIpc) is 2.52. The van der Waals surface area contributed by atoms with Crippen molar-refractivity contribution in [2.45, 2.75) is 43.5 Å². The third kappa shape index (κ3) is 60.8. The molecule has 0 heterocycles. The number of rotatable bonds is 9. The van der Waals surface area contributed by atoms with Crippen molar-refractivity contribution in [3.8, 4) is 0 Å². The molecule has 6 nitrogen and oxygen atoms in total. The molecule has 0 fully saturated rings. The molecule has 0 aromatic carbocycles. The zero-order valence-electron chi connectivity index (χ0n) is 13.2. The second-order valence-electron chi connectivity index (χ2n) is 3.60. The first-order chi connectivity index (χ1) is 10.8. The maximum atomic E-state index is 9.61. The molecule has 0 saturated heterocycles. The Hall–Kier alpha value is 0.259. The molecule has 0 rings (SSSR count). The van der Waals surface area contributed by atoms with E-state index in [-0.39, 0.29) is 19.3 Å². The van der Waals surface area contributed by atoms with Crippen LogP contribution in [0.15, 0.2) is 0 Å². The van der Waals surface area contributed by atoms with Gasteiger partial charge in [0.2, 0.25) is 0 Å². The molecule has 0 aliphatic carbocycles. The number of carboxylic acids is 3. The van der Waals surface area contributed by atoms with Crippen molar-refractivity contribution in [1.82, 2.24) is 0 Å². The van der Waals surface area contributed by atoms with Gasteiger partial charge in [0, 0.05) is 17.9 Å². The molecule has 134 valence electrons. The Kier molecular flexibility index (Phi) is 40.8. The van der Waals surface area contributed by atoms with Crippen LogP contribution in [0.25, 0.3) is 0 Å². The predicted octanol–water partition coefficient (Wildman–Crippen LogP) is -1.46. The van der Waals surface area contributed by atoms with Crippen molar-refractivity contribution >= 4 is 78.3 Å². The van der Waals surface area contributed by atoms with Crippen molar-refractivity contribution in [1.29, 1.82) is 0 Å². The summed E-state index contributed by atoms with van der Waals surface area (Å²) in [4.78, 5) is 30.9. The average molecular weight is 491 g/mol. The van der Waals surface area contributed by atoms with Crippen LogP contribution in [0, 0.1) is 0 Å². The third-order valence-corrected chi connectivity index (χ3v) is 2.57. The predicted molar refractivity (Wildman–Crippen MR) is 95.9 cm³/mol. The zero-order valence-corrected chi connectivity index (χ0v) is 18.7. The Morgan fingerprint density at radius 3 is 0.870 bits per heavy atom. The van der Waals surface area contributed by atoms with E-state index in [1.54, 1.807) is 22.5 Å². The van der Waals surface area contributed by atoms with Gasteiger partial charge in [0.05, 0.1) is 0 Å². The van der Waals surface area contributed by atoms with E-state index >= 15 is 0 Å². The van der Waals surface area contributed by atoms with Crippen LogP contribution in [-0.4, -0.2) is 57.7 Å². The van der Waals surface area contributed by atoms with Crippen LogP contribution in [0.4, 0.5) is 0 Å². The molecule has 0 aromatic heterocycles. The van der Waals surface area contributed by atoms with Gasteiger partial charge in [-0.15, -0.1) is 0 Å². The minimum absolute atomic E-state index is 0.128. The van der Waals surface area contributed by atoms with Gasteiger partial charge in [-0.25, -0.2) is 0 Å². The molecular formula is C13H24O6S3Sn. The number of carbonyl (C=O) groups excluding carboxylic acids is 3. The Labute approximate surface area is 168 Å². The van der Waals surface area contributed by atoms with Gasteiger partial charge >= 0.3 is 27.5 Å². The number of thiol groups is 3. The summed E-state index contributed by atoms with van der Waals surface area (Å²) in [5.41, 5.74) is 0. The van der Waals surface area contributed by atoms with Crippen LogP contribution in [0.5, 0.6) is 0 Å². The van der Waals surface area contributed by atoms with Crippen LogP contribution < -0.4 is 15.3 Å². The van der Waals surface area contributed by atoms with Gasteiger partial charge in [0.1, 0.15) is 0 Å². The maximum absolute atomic E-state index is 9.61. The molecule has 10 heteroatoms. The fourth-order valence-corrected chi connectivity index (χ4v) is 1.14. The normalized spacial score (nSPS) is 8.26. The summed E-state index contributed by atoms with van der Waals surface area (Å²) < 4.78 is 0. The van der Waals surface area contributed by atoms with Gasteiger partial charge < -0.3 is 29.7 Å². The molecular weight excluding hydrogens is 467 g/mol. The van der Waals surface area contributed by atoms with Crippen LogP contribution in [0.1, 0.15) is 38.5 Å². The standard InChI is InChI=1S/3C4H8O2S.CH3.Sn/c3*5-4(6)2-1-3-7;;/h3*7H,1-3H2,(H,5,6);1H3;/q;;;;+3/p-3. The van der Waals surface area contributed by atoms with Crippen molar-refractivity contribution in [3.63, 3.8) is 0 Å². The van der Waals surface area contributed by atoms with Gasteiger partial charge in [0.15, 0.2) is 0 Å². The Balaban J connectivity index is -0.000000111. The van der Waals surface area contributed by atoms with E-state index in [4.69, 9.17) is 0 Å². The monoisotopic (exact) mass is 492 g/mol. The molecule has 0 unspecified atom stereocenters. The molecule has 0 spiro atoms. The summed E-state index contributed by atoms with van der Waals surface area (Å²) >= 11 is 13.0. The van der Waals surface area contributed by atoms with E-state index in [0.29, 0.717) is 36.5 Å². The molecule has 0 saturated carbocycles. The van der Waals surface area contributed by atoms with Gasteiger partial charge in [-0.3, -0.25) is 0 Å². The summed E-state index contributed by atoms with van der Waals surface area (Å²) in [5.74, 6) is -1.12. The quantitative estimate of drug-likeness (QED) is 0.268. The van der Waals surface area contributed by atoms with Crippen LogP contribution in [0.2, 0.25) is 4.94 Å². The molecule has 0 N–H and O–H groups in total. The summed E-state index contributed by atoms with van der Waals surface area (Å²) in [6.07, 6.45) is 2.19. The summed E-state index contributed by atoms with van der Waals surface area (Å²) in [5, 5.41) is 28.8. The van der Waals surface area contributed by atoms with Crippen molar-refractivity contribution in [2.24, 2.45) is 0 Å². The molecule has 23 heavy (non-hydrogen) atoms. The first-order valence-corrected chi connectivity index (χ1v) is 11.5. The van der Waals surface area contributed by atoms with Crippen LogP contribution in [-0.2, 0) is 14.4 Å². The van der Waals surface area contributed by atoms with E-state index in [2.05, 4.69) is 42.8 Å². The van der Waals surface area contributed by atoms with Crippen LogP contribution in [0.3, 0.4) is 0 Å². The molecule has 0 atom stereocenters. The molecule has 0 bridgehead atoms. The first kappa shape index (κ1) is 31.1. The third-order valence-electron chi connectivity index (χ3n) is 1.62. The molecule has 0 radical (unpaired) electrons. The fraction of sp³-hybridized carbons (Fsp3) is 0.769. The van der Waals surface area contributed by atoms with Gasteiger partial charge in [-0.05, 0) is 55.8 Å². The van der Waals surface area contributed by atoms with Crippen LogP contribution >= 0.6 is 37.9 Å². The van der Waals surface area contributed by atoms with Crippen molar-refractivity contribution in [2.75, 3.05) is 17.3 Å². The number of hydrogen-bond donors (Lipinski definition) is 3. The Morgan fingerprint density at radius 2 is 0.826 bits per heavy atom. The summed E-state index contributed by atoms with van der Waals surface area (Å²) in [6.45, 7) is 0. The fourth-order valence-electron chi connectivity index (χ4n) is 0.670. The number of aliphatic carboxylic acids is 3. The van der Waals surface area contributed by atoms with E-state index in [1.165, 1.54) is 0 Å². The second-order valence-corrected chi connectivity index (χ2v) is 4.94. The van der Waals surface area contributed by atoms with E-state index in [9.17, 15) is 29.7 Å².